The molecule has 1 atom stereocenters. The molecule has 7 heteroatoms. The van der Waals surface area contributed by atoms with Crippen LogP contribution in [-0.2, 0) is 4.79 Å². The molecular formula is C14H17BrN4OS. The van der Waals surface area contributed by atoms with Crippen LogP contribution in [0.3, 0.4) is 0 Å². The average Bonchev–Trinajstić information content (AvgIpc) is 2.94. The fourth-order valence-corrected chi connectivity index (χ4v) is 2.72. The van der Waals surface area contributed by atoms with Crippen LogP contribution in [-0.4, -0.2) is 32.9 Å². The number of rotatable bonds is 6. The van der Waals surface area contributed by atoms with Crippen LogP contribution in [0.5, 0.6) is 0 Å². The van der Waals surface area contributed by atoms with Crippen LogP contribution >= 0.6 is 27.7 Å². The van der Waals surface area contributed by atoms with Crippen molar-refractivity contribution in [3.05, 3.63) is 28.7 Å². The van der Waals surface area contributed by atoms with Gasteiger partial charge in [0.05, 0.1) is 5.75 Å². The van der Waals surface area contributed by atoms with E-state index in [4.69, 9.17) is 0 Å². The number of hydrogen-bond acceptors (Lipinski definition) is 4. The van der Waals surface area contributed by atoms with Gasteiger partial charge in [-0.2, -0.15) is 0 Å². The molecule has 2 rings (SSSR count). The van der Waals surface area contributed by atoms with Crippen molar-refractivity contribution < 1.29 is 4.79 Å². The molecule has 2 N–H and O–H groups in total. The molecular weight excluding hydrogens is 352 g/mol. The zero-order valence-electron chi connectivity index (χ0n) is 11.9. The van der Waals surface area contributed by atoms with Gasteiger partial charge in [-0.25, -0.2) is 4.98 Å². The van der Waals surface area contributed by atoms with Gasteiger partial charge in [0.15, 0.2) is 5.82 Å². The first-order valence-corrected chi connectivity index (χ1v) is 8.47. The Labute approximate surface area is 136 Å². The Morgan fingerprint density at radius 3 is 2.95 bits per heavy atom. The Bertz CT molecular complexity index is 617. The number of benzene rings is 1. The van der Waals surface area contributed by atoms with Crippen LogP contribution in [0.2, 0.25) is 0 Å². The quantitative estimate of drug-likeness (QED) is 0.767. The van der Waals surface area contributed by atoms with E-state index in [9.17, 15) is 4.79 Å². The Morgan fingerprint density at radius 2 is 2.24 bits per heavy atom. The fourth-order valence-electron chi connectivity index (χ4n) is 1.63. The average molecular weight is 369 g/mol. The number of aromatic nitrogens is 3. The molecule has 1 heterocycles. The molecule has 5 nitrogen and oxygen atoms in total. The molecule has 0 saturated heterocycles. The highest BCUT2D eigenvalue weighted by atomic mass is 79.9. The first kappa shape index (κ1) is 16.0. The number of carbonyl (C=O) groups excluding carboxylic acids is 1. The van der Waals surface area contributed by atoms with Gasteiger partial charge in [0, 0.05) is 16.1 Å². The van der Waals surface area contributed by atoms with Crippen LogP contribution in [0.25, 0.3) is 11.4 Å². The Morgan fingerprint density at radius 1 is 1.48 bits per heavy atom. The van der Waals surface area contributed by atoms with Gasteiger partial charge >= 0.3 is 0 Å². The number of carbonyl (C=O) groups is 1. The summed E-state index contributed by atoms with van der Waals surface area (Å²) < 4.78 is 0.951. The Balaban J connectivity index is 1.95. The molecule has 1 aromatic carbocycles. The third-order valence-electron chi connectivity index (χ3n) is 2.95. The number of amides is 1. The summed E-state index contributed by atoms with van der Waals surface area (Å²) in [7, 11) is 0. The minimum Gasteiger partial charge on any atom is -0.353 e. The summed E-state index contributed by atoms with van der Waals surface area (Å²) >= 11 is 4.80. The molecule has 0 saturated carbocycles. The lowest BCUT2D eigenvalue weighted by molar-refractivity contribution is -0.119. The zero-order chi connectivity index (χ0) is 15.2. The van der Waals surface area contributed by atoms with Gasteiger partial charge < -0.3 is 5.32 Å². The summed E-state index contributed by atoms with van der Waals surface area (Å²) in [5.74, 6) is 1.01. The molecule has 0 spiro atoms. The predicted octanol–water partition coefficient (Wildman–Crippen LogP) is 3.24. The third-order valence-corrected chi connectivity index (χ3v) is 4.48. The maximum atomic E-state index is 11.7. The number of nitrogens with one attached hydrogen (secondary N) is 2. The zero-order valence-corrected chi connectivity index (χ0v) is 14.3. The summed E-state index contributed by atoms with van der Waals surface area (Å²) in [6, 6.07) is 7.98. The molecule has 0 unspecified atom stereocenters. The fraction of sp³-hybridized carbons (Fsp3) is 0.357. The molecule has 0 aliphatic rings. The Hall–Kier alpha value is -1.34. The van der Waals surface area contributed by atoms with E-state index in [2.05, 4.69) is 36.4 Å². The maximum Gasteiger partial charge on any atom is 0.230 e. The van der Waals surface area contributed by atoms with E-state index < -0.39 is 0 Å². The van der Waals surface area contributed by atoms with Gasteiger partial charge in [-0.15, -0.1) is 5.10 Å². The Kier molecular flexibility index (Phi) is 5.81. The second-order valence-electron chi connectivity index (χ2n) is 4.61. The highest BCUT2D eigenvalue weighted by molar-refractivity contribution is 9.10. The van der Waals surface area contributed by atoms with E-state index in [-0.39, 0.29) is 11.9 Å². The topological polar surface area (TPSA) is 70.7 Å². The summed E-state index contributed by atoms with van der Waals surface area (Å²) in [4.78, 5) is 16.1. The van der Waals surface area contributed by atoms with Gasteiger partial charge in [0.2, 0.25) is 11.1 Å². The molecule has 0 fully saturated rings. The van der Waals surface area contributed by atoms with Gasteiger partial charge in [0.25, 0.3) is 0 Å². The molecule has 0 bridgehead atoms. The number of thioether (sulfide) groups is 1. The van der Waals surface area contributed by atoms with Crippen LogP contribution < -0.4 is 5.32 Å². The summed E-state index contributed by atoms with van der Waals surface area (Å²) in [5.41, 5.74) is 0.945. The normalized spacial score (nSPS) is 12.1. The number of halogens is 1. The molecule has 2 aromatic rings. The maximum absolute atomic E-state index is 11.7. The van der Waals surface area contributed by atoms with Crippen molar-refractivity contribution in [3.8, 4) is 11.4 Å². The van der Waals surface area contributed by atoms with Crippen LogP contribution in [0, 0.1) is 0 Å². The van der Waals surface area contributed by atoms with Gasteiger partial charge in [-0.3, -0.25) is 9.89 Å². The van der Waals surface area contributed by atoms with E-state index in [0.29, 0.717) is 16.7 Å². The minimum absolute atomic E-state index is 0.00147. The van der Waals surface area contributed by atoms with Gasteiger partial charge in [-0.1, -0.05) is 52.8 Å². The summed E-state index contributed by atoms with van der Waals surface area (Å²) in [6.07, 6.45) is 0.920. The molecule has 0 radical (unpaired) electrons. The van der Waals surface area contributed by atoms with Crippen LogP contribution in [0.4, 0.5) is 0 Å². The van der Waals surface area contributed by atoms with Crippen molar-refractivity contribution in [2.75, 3.05) is 5.75 Å². The monoisotopic (exact) mass is 368 g/mol. The third kappa shape index (κ3) is 4.57. The van der Waals surface area contributed by atoms with E-state index in [1.165, 1.54) is 11.8 Å². The lowest BCUT2D eigenvalue weighted by Gasteiger charge is -2.09. The first-order chi connectivity index (χ1) is 10.1. The molecule has 112 valence electrons. The number of H-pyrrole nitrogens is 1. The SMILES string of the molecule is CC[C@@H](C)NC(=O)CSc1n[nH]c(-c2ccccc2Br)n1. The predicted molar refractivity (Wildman–Crippen MR) is 88.1 cm³/mol. The van der Waals surface area contributed by atoms with Crippen molar-refractivity contribution in [2.45, 2.75) is 31.5 Å². The number of hydrogen-bond donors (Lipinski definition) is 2. The number of aromatic amines is 1. The highest BCUT2D eigenvalue weighted by Crippen LogP contribution is 2.26. The van der Waals surface area contributed by atoms with E-state index in [0.717, 1.165) is 16.5 Å². The second-order valence-corrected chi connectivity index (χ2v) is 6.41. The minimum atomic E-state index is 0.00147. The molecule has 0 aliphatic heterocycles. The molecule has 1 aromatic heterocycles. The van der Waals surface area contributed by atoms with Crippen molar-refractivity contribution in [2.24, 2.45) is 0 Å². The molecule has 0 aliphatic carbocycles. The van der Waals surface area contributed by atoms with Crippen LogP contribution in [0.15, 0.2) is 33.9 Å². The van der Waals surface area contributed by atoms with E-state index >= 15 is 0 Å². The lowest BCUT2D eigenvalue weighted by atomic mass is 10.2. The van der Waals surface area contributed by atoms with E-state index in [1.807, 2.05) is 38.1 Å². The molecule has 1 amide bonds. The summed E-state index contributed by atoms with van der Waals surface area (Å²) in [5, 5.41) is 10.5. The van der Waals surface area contributed by atoms with Crippen molar-refractivity contribution in [1.29, 1.82) is 0 Å². The van der Waals surface area contributed by atoms with Gasteiger partial charge in [-0.05, 0) is 19.4 Å². The van der Waals surface area contributed by atoms with Crippen molar-refractivity contribution in [3.63, 3.8) is 0 Å². The van der Waals surface area contributed by atoms with Gasteiger partial charge in [0.1, 0.15) is 0 Å². The summed E-state index contributed by atoms with van der Waals surface area (Å²) in [6.45, 7) is 4.03. The standard InChI is InChI=1S/C14H17BrN4OS/c1-3-9(2)16-12(20)8-21-14-17-13(18-19-14)10-6-4-5-7-11(10)15/h4-7,9H,3,8H2,1-2H3,(H,16,20)(H,17,18,19)/t9-/m1/s1. The van der Waals surface area contributed by atoms with Crippen molar-refractivity contribution in [1.82, 2.24) is 20.5 Å². The number of nitrogens with zero attached hydrogens (tertiary/aromatic N) is 2. The van der Waals surface area contributed by atoms with Crippen molar-refractivity contribution >= 4 is 33.6 Å². The van der Waals surface area contributed by atoms with Crippen LogP contribution in [0.1, 0.15) is 20.3 Å². The highest BCUT2D eigenvalue weighted by Gasteiger charge is 2.11. The second kappa shape index (κ2) is 7.61. The van der Waals surface area contributed by atoms with E-state index in [1.54, 1.807) is 0 Å². The largest absolute Gasteiger partial charge is 0.353 e. The lowest BCUT2D eigenvalue weighted by Crippen LogP contribution is -2.33. The first-order valence-electron chi connectivity index (χ1n) is 6.69. The smallest absolute Gasteiger partial charge is 0.230 e. The molecule has 21 heavy (non-hydrogen) atoms.